The second-order valence-corrected chi connectivity index (χ2v) is 9.57. The molecule has 3 aromatic carbocycles. The van der Waals surface area contributed by atoms with Gasteiger partial charge in [0, 0.05) is 30.8 Å². The minimum atomic E-state index is -3.91. The van der Waals surface area contributed by atoms with E-state index in [0.717, 1.165) is 24.3 Å². The van der Waals surface area contributed by atoms with Crippen LogP contribution in [0.3, 0.4) is 0 Å². The molecule has 11 heteroatoms. The van der Waals surface area contributed by atoms with Crippen molar-refractivity contribution in [3.8, 4) is 0 Å². The molecule has 3 aromatic rings. The molecule has 0 saturated carbocycles. The molecule has 34 heavy (non-hydrogen) atoms. The number of sulfone groups is 1. The summed E-state index contributed by atoms with van der Waals surface area (Å²) in [5.41, 5.74) is 0.212. The third kappa shape index (κ3) is 4.50. The Morgan fingerprint density at radius 3 is 2.18 bits per heavy atom. The molecule has 1 atom stereocenters. The predicted octanol–water partition coefficient (Wildman–Crippen LogP) is 3.56. The number of para-hydroxylation sites is 1. The Bertz CT molecular complexity index is 1370. The highest BCUT2D eigenvalue weighted by atomic mass is 32.2. The van der Waals surface area contributed by atoms with Crippen molar-refractivity contribution in [2.75, 3.05) is 16.8 Å². The van der Waals surface area contributed by atoms with Crippen molar-refractivity contribution in [3.05, 3.63) is 88.7 Å². The Kier molecular flexibility index (Phi) is 6.12. The topological polar surface area (TPSA) is 127 Å². The van der Waals surface area contributed by atoms with Crippen molar-refractivity contribution in [2.45, 2.75) is 16.2 Å². The highest BCUT2D eigenvalue weighted by Crippen LogP contribution is 2.29. The van der Waals surface area contributed by atoms with E-state index in [9.17, 15) is 32.5 Å². The predicted molar refractivity (Wildman–Crippen MR) is 120 cm³/mol. The van der Waals surface area contributed by atoms with Crippen LogP contribution in [0.4, 0.5) is 21.5 Å². The smallest absolute Gasteiger partial charge is 0.269 e. The first kappa shape index (κ1) is 23.1. The molecule has 9 nitrogen and oxygen atoms in total. The zero-order chi connectivity index (χ0) is 24.5. The molecular formula is C23H18FN3O6S. The Morgan fingerprint density at radius 2 is 1.59 bits per heavy atom. The number of nitrogens with one attached hydrogen (secondary N) is 1. The third-order valence-electron chi connectivity index (χ3n) is 5.43. The van der Waals surface area contributed by atoms with E-state index in [1.807, 2.05) is 0 Å². The van der Waals surface area contributed by atoms with Crippen molar-refractivity contribution in [1.82, 2.24) is 0 Å². The summed E-state index contributed by atoms with van der Waals surface area (Å²) in [7, 11) is -3.91. The Hall–Kier alpha value is -4.12. The average Bonchev–Trinajstić information content (AvgIpc) is 3.21. The van der Waals surface area contributed by atoms with Gasteiger partial charge in [0.1, 0.15) is 5.82 Å². The van der Waals surface area contributed by atoms with E-state index in [4.69, 9.17) is 0 Å². The first-order valence-electron chi connectivity index (χ1n) is 10.1. The van der Waals surface area contributed by atoms with Gasteiger partial charge < -0.3 is 10.2 Å². The second kappa shape index (κ2) is 9.02. The van der Waals surface area contributed by atoms with Gasteiger partial charge in [-0.05, 0) is 48.5 Å². The molecule has 174 valence electrons. The zero-order valence-corrected chi connectivity index (χ0v) is 18.4. The third-order valence-corrected chi connectivity index (χ3v) is 7.21. The summed E-state index contributed by atoms with van der Waals surface area (Å²) in [6, 6.07) is 15.8. The van der Waals surface area contributed by atoms with E-state index >= 15 is 0 Å². The molecule has 0 unspecified atom stereocenters. The average molecular weight is 483 g/mol. The summed E-state index contributed by atoms with van der Waals surface area (Å²) in [5, 5.41) is 13.4. The highest BCUT2D eigenvalue weighted by Gasteiger charge is 2.36. The molecule has 1 aliphatic heterocycles. The molecule has 0 bridgehead atoms. The summed E-state index contributed by atoms with van der Waals surface area (Å²) >= 11 is 0. The van der Waals surface area contributed by atoms with Crippen molar-refractivity contribution < 1.29 is 27.3 Å². The number of anilines is 2. The summed E-state index contributed by atoms with van der Waals surface area (Å²) < 4.78 is 39.6. The van der Waals surface area contributed by atoms with Gasteiger partial charge in [-0.15, -0.1) is 0 Å². The van der Waals surface area contributed by atoms with Gasteiger partial charge in [-0.3, -0.25) is 19.7 Å². The lowest BCUT2D eigenvalue weighted by atomic mass is 10.1. The van der Waals surface area contributed by atoms with E-state index in [0.29, 0.717) is 5.69 Å². The van der Waals surface area contributed by atoms with E-state index in [1.54, 1.807) is 6.07 Å². The van der Waals surface area contributed by atoms with Gasteiger partial charge in [0.05, 0.1) is 26.3 Å². The Morgan fingerprint density at radius 1 is 1.00 bits per heavy atom. The maximum absolute atomic E-state index is 14.0. The van der Waals surface area contributed by atoms with E-state index in [2.05, 4.69) is 5.32 Å². The van der Waals surface area contributed by atoms with Gasteiger partial charge in [0.25, 0.3) is 5.69 Å². The van der Waals surface area contributed by atoms with Crippen LogP contribution < -0.4 is 10.2 Å². The molecule has 4 rings (SSSR count). The van der Waals surface area contributed by atoms with Crippen molar-refractivity contribution >= 4 is 38.7 Å². The molecule has 0 spiro atoms. The van der Waals surface area contributed by atoms with Gasteiger partial charge in [-0.25, -0.2) is 12.8 Å². The number of nitrogens with zero attached hydrogens (tertiary/aromatic N) is 2. The molecule has 1 heterocycles. The van der Waals surface area contributed by atoms with Gasteiger partial charge in [-0.1, -0.05) is 12.1 Å². The van der Waals surface area contributed by atoms with Gasteiger partial charge >= 0.3 is 0 Å². The number of amides is 2. The molecule has 1 fully saturated rings. The molecule has 0 aromatic heterocycles. The lowest BCUT2D eigenvalue weighted by Crippen LogP contribution is -2.28. The number of carbonyl (C=O) groups excluding carboxylic acids is 2. The lowest BCUT2D eigenvalue weighted by Gasteiger charge is -2.17. The van der Waals surface area contributed by atoms with Crippen LogP contribution in [0.2, 0.25) is 0 Å². The van der Waals surface area contributed by atoms with E-state index in [1.165, 1.54) is 47.4 Å². The maximum atomic E-state index is 14.0. The molecule has 0 aliphatic carbocycles. The zero-order valence-electron chi connectivity index (χ0n) is 17.5. The summed E-state index contributed by atoms with van der Waals surface area (Å²) in [6.45, 7) is 0.0260. The van der Waals surface area contributed by atoms with Gasteiger partial charge in [0.15, 0.2) is 0 Å². The fourth-order valence-corrected chi connectivity index (χ4v) is 4.89. The first-order chi connectivity index (χ1) is 16.2. The molecule has 2 amide bonds. The van der Waals surface area contributed by atoms with Crippen molar-refractivity contribution in [2.24, 2.45) is 5.92 Å². The van der Waals surface area contributed by atoms with E-state index < -0.39 is 32.4 Å². The van der Waals surface area contributed by atoms with E-state index in [-0.39, 0.29) is 40.0 Å². The number of nitro benzene ring substituents is 1. The number of rotatable bonds is 6. The standard InChI is InChI=1S/C23H18FN3O6S/c24-20-3-1-2-4-21(20)26-14-15(13-22(26)28)23(29)25-16-5-9-18(10-6-16)34(32,33)19-11-7-17(8-12-19)27(30)31/h1-12,15H,13-14H2,(H,25,29)/t15-/m0/s1. The van der Waals surface area contributed by atoms with Crippen LogP contribution in [0.15, 0.2) is 82.6 Å². The van der Waals surface area contributed by atoms with Crippen molar-refractivity contribution in [1.29, 1.82) is 0 Å². The van der Waals surface area contributed by atoms with Crippen LogP contribution in [-0.4, -0.2) is 31.7 Å². The van der Waals surface area contributed by atoms with Gasteiger partial charge in [-0.2, -0.15) is 0 Å². The summed E-state index contributed by atoms with van der Waals surface area (Å²) in [4.78, 5) is 36.2. The fourth-order valence-electron chi connectivity index (χ4n) is 3.63. The molecular weight excluding hydrogens is 465 g/mol. The lowest BCUT2D eigenvalue weighted by molar-refractivity contribution is -0.384. The van der Waals surface area contributed by atoms with Gasteiger partial charge in [0.2, 0.25) is 21.7 Å². The molecule has 1 aliphatic rings. The number of nitro groups is 1. The quantitative estimate of drug-likeness (QED) is 0.422. The Labute approximate surface area is 193 Å². The number of non-ortho nitro benzene ring substituents is 1. The highest BCUT2D eigenvalue weighted by molar-refractivity contribution is 7.91. The minimum absolute atomic E-state index is 0.0260. The SMILES string of the molecule is O=C(Nc1ccc(S(=O)(=O)c2ccc([N+](=O)[O-])cc2)cc1)[C@H]1CC(=O)N(c2ccccc2F)C1. The number of benzene rings is 3. The fraction of sp³-hybridized carbons (Fsp3) is 0.130. The van der Waals surface area contributed by atoms with Crippen LogP contribution in [0, 0.1) is 21.8 Å². The Balaban J connectivity index is 1.44. The molecule has 1 saturated heterocycles. The van der Waals surface area contributed by atoms with Crippen LogP contribution in [0.5, 0.6) is 0 Å². The first-order valence-corrected chi connectivity index (χ1v) is 11.6. The second-order valence-electron chi connectivity index (χ2n) is 7.62. The number of carbonyl (C=O) groups is 2. The molecule has 1 N–H and O–H groups in total. The van der Waals surface area contributed by atoms with Crippen LogP contribution >= 0.6 is 0 Å². The number of hydrogen-bond acceptors (Lipinski definition) is 6. The monoisotopic (exact) mass is 483 g/mol. The van der Waals surface area contributed by atoms with Crippen LogP contribution in [-0.2, 0) is 19.4 Å². The minimum Gasteiger partial charge on any atom is -0.326 e. The van der Waals surface area contributed by atoms with Crippen LogP contribution in [0.25, 0.3) is 0 Å². The van der Waals surface area contributed by atoms with Crippen LogP contribution in [0.1, 0.15) is 6.42 Å². The summed E-state index contributed by atoms with van der Waals surface area (Å²) in [5.74, 6) is -2.06. The molecule has 0 radical (unpaired) electrons. The normalized spacial score (nSPS) is 15.9. The summed E-state index contributed by atoms with van der Waals surface area (Å²) in [6.07, 6.45) is -0.0766. The number of halogens is 1. The number of hydrogen-bond donors (Lipinski definition) is 1. The van der Waals surface area contributed by atoms with Crippen molar-refractivity contribution in [3.63, 3.8) is 0 Å². The largest absolute Gasteiger partial charge is 0.326 e. The maximum Gasteiger partial charge on any atom is 0.269 e.